The summed E-state index contributed by atoms with van der Waals surface area (Å²) in [5.41, 5.74) is 40.8. The summed E-state index contributed by atoms with van der Waals surface area (Å²) in [6, 6.07) is 51.4. The van der Waals surface area contributed by atoms with Crippen molar-refractivity contribution in [2.45, 2.75) is 78.1 Å². The molecule has 0 bridgehead atoms. The summed E-state index contributed by atoms with van der Waals surface area (Å²) in [6.07, 6.45) is 18.2. The van der Waals surface area contributed by atoms with E-state index in [1.54, 1.807) is 6.20 Å². The molecule has 3 N–H and O–H groups in total. The molecule has 4 nitrogen and oxygen atoms in total. The molecule has 72 heavy (non-hydrogen) atoms. The predicted molar refractivity (Wildman–Crippen MR) is 305 cm³/mol. The number of allylic oxidation sites excluding steroid dienone is 6. The van der Waals surface area contributed by atoms with Gasteiger partial charge in [-0.15, -0.1) is 0 Å². The Kier molecular flexibility index (Phi) is 9.18. The van der Waals surface area contributed by atoms with Gasteiger partial charge >= 0.3 is 0 Å². The van der Waals surface area contributed by atoms with Gasteiger partial charge in [0, 0.05) is 44.8 Å². The van der Waals surface area contributed by atoms with E-state index in [0.29, 0.717) is 0 Å². The van der Waals surface area contributed by atoms with Crippen molar-refractivity contribution in [2.24, 2.45) is 5.73 Å². The summed E-state index contributed by atoms with van der Waals surface area (Å²) in [7, 11) is 0. The second-order valence-electron chi connectivity index (χ2n) is 21.7. The lowest BCUT2D eigenvalue weighted by molar-refractivity contribution is 0.660. The maximum atomic E-state index is 6.61. The molecule has 4 aliphatic rings. The zero-order valence-electron chi connectivity index (χ0n) is 42.0. The Morgan fingerprint density at radius 1 is 0.500 bits per heavy atom. The monoisotopic (exact) mass is 930 g/mol. The van der Waals surface area contributed by atoms with Gasteiger partial charge < -0.3 is 15.7 Å². The largest absolute Gasteiger partial charge is 0.403 e. The number of aryl methyl sites for hydroxylation is 4. The molecule has 0 atom stereocenters. The molecule has 4 aliphatic carbocycles. The van der Waals surface area contributed by atoms with Crippen molar-refractivity contribution in [1.82, 2.24) is 9.24 Å². The Balaban J connectivity index is 0.963. The number of benzene rings is 8. The van der Waals surface area contributed by atoms with Crippen molar-refractivity contribution in [3.05, 3.63) is 221 Å². The Bertz CT molecular complexity index is 4150. The minimum absolute atomic E-state index is 0.0241. The number of rotatable bonds is 7. The fourth-order valence-electron chi connectivity index (χ4n) is 13.9. The molecule has 2 aromatic heterocycles. The van der Waals surface area contributed by atoms with Crippen LogP contribution < -0.4 is 11.2 Å². The van der Waals surface area contributed by atoms with Crippen molar-refractivity contribution in [2.75, 3.05) is 5.43 Å². The second kappa shape index (κ2) is 15.5. The van der Waals surface area contributed by atoms with Crippen LogP contribution in [0.1, 0.15) is 86.1 Å². The molecular weight excluding hydrogens is 873 g/mol. The normalized spacial score (nSPS) is 15.9. The highest BCUT2D eigenvalue weighted by atomic mass is 15.4. The van der Waals surface area contributed by atoms with Crippen molar-refractivity contribution in [3.8, 4) is 55.6 Å². The first-order chi connectivity index (χ1) is 35.1. The second-order valence-corrected chi connectivity index (χ2v) is 21.7. The van der Waals surface area contributed by atoms with E-state index >= 15 is 0 Å². The quantitative estimate of drug-likeness (QED) is 0.156. The standard InChI is InChI=1S/C68H58N4/c1-7-9-14-32-70-72-62-31-25-43(41-23-29-60-52(34-41)48-17-11-13-19-58(48)68(60,5)6)36-54(62)56-38-45-21-20-44-37-55-53-35-42(40-22-28-59-51(33-40)47-16-10-12-18-57(47)67(59,3)4)24-30-61(53)71(46(39-69)15-8-2)65(55)49-26-27-50(66(56)72)64(45)63(44)49/h7-19,22-25,28-39,70H,20-21,26-27,69H2,1-6H3/b9-7-,15-8-,32-14-,46-39+. The predicted octanol–water partition coefficient (Wildman–Crippen LogP) is 16.7. The molecule has 350 valence electrons. The number of aromatic nitrogens is 2. The zero-order chi connectivity index (χ0) is 48.8. The van der Waals surface area contributed by atoms with Crippen LogP contribution in [0.15, 0.2) is 176 Å². The summed E-state index contributed by atoms with van der Waals surface area (Å²) in [5.74, 6) is 0. The number of nitrogens with zero attached hydrogens (tertiary/aromatic N) is 2. The van der Waals surface area contributed by atoms with Crippen LogP contribution in [0.4, 0.5) is 0 Å². The van der Waals surface area contributed by atoms with Crippen LogP contribution in [0.3, 0.4) is 0 Å². The Morgan fingerprint density at radius 3 is 1.57 bits per heavy atom. The highest BCUT2D eigenvalue weighted by Crippen LogP contribution is 2.54. The Morgan fingerprint density at radius 2 is 1.00 bits per heavy atom. The van der Waals surface area contributed by atoms with Crippen molar-refractivity contribution in [3.63, 3.8) is 0 Å². The van der Waals surface area contributed by atoms with Gasteiger partial charge in [0.15, 0.2) is 0 Å². The van der Waals surface area contributed by atoms with Gasteiger partial charge in [-0.3, -0.25) is 4.68 Å². The van der Waals surface area contributed by atoms with E-state index in [-0.39, 0.29) is 10.8 Å². The van der Waals surface area contributed by atoms with Crippen molar-refractivity contribution >= 4 is 49.3 Å². The van der Waals surface area contributed by atoms with Gasteiger partial charge in [-0.25, -0.2) is 0 Å². The first-order valence-electron chi connectivity index (χ1n) is 26.0. The third kappa shape index (κ3) is 5.81. The molecule has 2 heterocycles. The average molecular weight is 931 g/mol. The van der Waals surface area contributed by atoms with Crippen LogP contribution in [-0.4, -0.2) is 9.24 Å². The fraction of sp³-hybridized carbons (Fsp3) is 0.176. The maximum absolute atomic E-state index is 6.61. The van der Waals surface area contributed by atoms with Crippen molar-refractivity contribution < 1.29 is 0 Å². The number of hydrogen-bond acceptors (Lipinski definition) is 2. The molecule has 4 heteroatoms. The smallest absolute Gasteiger partial charge is 0.0748 e. The first-order valence-corrected chi connectivity index (χ1v) is 26.0. The van der Waals surface area contributed by atoms with Gasteiger partial charge in [0.05, 0.1) is 27.8 Å². The lowest BCUT2D eigenvalue weighted by Gasteiger charge is -2.31. The summed E-state index contributed by atoms with van der Waals surface area (Å²) >= 11 is 0. The molecule has 0 aliphatic heterocycles. The van der Waals surface area contributed by atoms with Gasteiger partial charge in [-0.05, 0) is 200 Å². The molecule has 0 spiro atoms. The molecular formula is C68H58N4. The van der Waals surface area contributed by atoms with E-state index in [2.05, 4.69) is 226 Å². The molecule has 10 aromatic rings. The van der Waals surface area contributed by atoms with Crippen LogP contribution in [-0.2, 0) is 36.5 Å². The van der Waals surface area contributed by atoms with Gasteiger partial charge in [0.1, 0.15) is 0 Å². The third-order valence-electron chi connectivity index (χ3n) is 17.2. The topological polar surface area (TPSA) is 47.9 Å². The Labute approximate surface area is 422 Å². The minimum Gasteiger partial charge on any atom is -0.403 e. The zero-order valence-corrected chi connectivity index (χ0v) is 42.0. The number of nitrogens with two attached hydrogens (primary N) is 1. The molecule has 0 fully saturated rings. The number of hydrogen-bond donors (Lipinski definition) is 2. The van der Waals surface area contributed by atoms with E-state index in [1.807, 2.05) is 0 Å². The molecule has 0 saturated carbocycles. The van der Waals surface area contributed by atoms with Gasteiger partial charge in [-0.2, -0.15) is 0 Å². The highest BCUT2D eigenvalue weighted by molar-refractivity contribution is 6.17. The molecule has 0 amide bonds. The van der Waals surface area contributed by atoms with Crippen molar-refractivity contribution in [1.29, 1.82) is 0 Å². The van der Waals surface area contributed by atoms with E-state index in [0.717, 1.165) is 31.4 Å². The maximum Gasteiger partial charge on any atom is 0.0748 e. The SMILES string of the molecule is C/C=C\C=C/Nn1c2ccc(-c3ccc4c(c3)-c3ccccc3C4(C)C)cc2c2cc3c4c(c21)CCc1c-4c(cc2c4cc(-c5ccc6c(c5)-c5ccccc5C6(C)C)ccc4n(C(/C=C\C)=C/N)c12)CC3. The van der Waals surface area contributed by atoms with Crippen LogP contribution in [0.5, 0.6) is 0 Å². The summed E-state index contributed by atoms with van der Waals surface area (Å²) in [4.78, 5) is 0. The van der Waals surface area contributed by atoms with Crippen LogP contribution in [0.2, 0.25) is 0 Å². The molecule has 8 aromatic carbocycles. The van der Waals surface area contributed by atoms with Crippen LogP contribution in [0.25, 0.3) is 105 Å². The van der Waals surface area contributed by atoms with Gasteiger partial charge in [0.2, 0.25) is 0 Å². The molecule has 14 rings (SSSR count). The lowest BCUT2D eigenvalue weighted by Crippen LogP contribution is -2.17. The summed E-state index contributed by atoms with van der Waals surface area (Å²) in [5, 5.41) is 5.16. The molecule has 0 saturated heterocycles. The van der Waals surface area contributed by atoms with Crippen LogP contribution in [0, 0.1) is 0 Å². The molecule has 0 radical (unpaired) electrons. The van der Waals surface area contributed by atoms with Crippen LogP contribution >= 0.6 is 0 Å². The highest BCUT2D eigenvalue weighted by Gasteiger charge is 2.37. The van der Waals surface area contributed by atoms with E-state index < -0.39 is 0 Å². The van der Waals surface area contributed by atoms with Gasteiger partial charge in [-0.1, -0.05) is 131 Å². The minimum atomic E-state index is -0.0286. The first kappa shape index (κ1) is 42.8. The van der Waals surface area contributed by atoms with Gasteiger partial charge in [0.25, 0.3) is 0 Å². The number of fused-ring (bicyclic) bond motifs is 14. The van der Waals surface area contributed by atoms with E-state index in [9.17, 15) is 0 Å². The summed E-state index contributed by atoms with van der Waals surface area (Å²) in [6.45, 7) is 13.6. The summed E-state index contributed by atoms with van der Waals surface area (Å²) < 4.78 is 4.82. The third-order valence-corrected chi connectivity index (χ3v) is 17.2. The average Bonchev–Trinajstić information content (AvgIpc) is 4.06. The van der Waals surface area contributed by atoms with E-state index in [1.165, 1.54) is 144 Å². The molecule has 0 unspecified atom stereocenters. The lowest BCUT2D eigenvalue weighted by atomic mass is 9.74. The Hall–Kier alpha value is -8.08. The van der Waals surface area contributed by atoms with E-state index in [4.69, 9.17) is 5.73 Å². The fourth-order valence-corrected chi connectivity index (χ4v) is 13.9. The number of nitrogens with one attached hydrogen (secondary N) is 1.